The highest BCUT2D eigenvalue weighted by molar-refractivity contribution is 5.85. The quantitative estimate of drug-likeness (QED) is 0.543. The van der Waals surface area contributed by atoms with Gasteiger partial charge in [0.05, 0.1) is 5.56 Å². The largest absolute Gasteiger partial charge is 0.476 e. The summed E-state index contributed by atoms with van der Waals surface area (Å²) in [5.74, 6) is -1.16. The van der Waals surface area contributed by atoms with Crippen LogP contribution >= 0.6 is 0 Å². The number of halogens is 3. The van der Waals surface area contributed by atoms with E-state index in [0.29, 0.717) is 51.1 Å². The lowest BCUT2D eigenvalue weighted by Crippen LogP contribution is -2.53. The van der Waals surface area contributed by atoms with Gasteiger partial charge in [-0.3, -0.25) is 14.6 Å². The molecule has 0 aliphatic carbocycles. The van der Waals surface area contributed by atoms with Gasteiger partial charge in [-0.25, -0.2) is 9.48 Å². The van der Waals surface area contributed by atoms with Gasteiger partial charge in [-0.1, -0.05) is 6.07 Å². The van der Waals surface area contributed by atoms with Crippen molar-refractivity contribution in [3.05, 3.63) is 47.3 Å². The lowest BCUT2D eigenvalue weighted by atomic mass is 9.87. The first-order valence-corrected chi connectivity index (χ1v) is 12.2. The maximum Gasteiger partial charge on any atom is 0.418 e. The van der Waals surface area contributed by atoms with Crippen LogP contribution in [0, 0.1) is 0 Å². The lowest BCUT2D eigenvalue weighted by Gasteiger charge is -2.46. The van der Waals surface area contributed by atoms with Crippen molar-refractivity contribution in [1.29, 1.82) is 0 Å². The fourth-order valence-corrected chi connectivity index (χ4v) is 5.17. The second-order valence-corrected chi connectivity index (χ2v) is 9.97. The van der Waals surface area contributed by atoms with E-state index in [1.54, 1.807) is 12.1 Å². The van der Waals surface area contributed by atoms with Gasteiger partial charge < -0.3 is 10.0 Å². The first-order valence-electron chi connectivity index (χ1n) is 12.2. The molecule has 36 heavy (non-hydrogen) atoms. The number of benzene rings is 1. The third-order valence-electron chi connectivity index (χ3n) is 7.62. The highest BCUT2D eigenvalue weighted by Gasteiger charge is 2.38. The number of alkyl halides is 3. The van der Waals surface area contributed by atoms with E-state index in [1.807, 2.05) is 16.8 Å². The average Bonchev–Trinajstić information content (AvgIpc) is 3.53. The number of carboxylic acids is 1. The summed E-state index contributed by atoms with van der Waals surface area (Å²) in [6, 6.07) is 6.03. The van der Waals surface area contributed by atoms with Crippen LogP contribution in [0.1, 0.15) is 60.4 Å². The molecule has 2 fully saturated rings. The molecule has 0 bridgehead atoms. The molecule has 196 valence electrons. The highest BCUT2D eigenvalue weighted by Crippen LogP contribution is 2.39. The maximum atomic E-state index is 13.9. The van der Waals surface area contributed by atoms with Crippen molar-refractivity contribution in [2.45, 2.75) is 57.0 Å². The van der Waals surface area contributed by atoms with Crippen LogP contribution in [0.4, 0.5) is 18.9 Å². The summed E-state index contributed by atoms with van der Waals surface area (Å²) in [6.45, 7) is 4.88. The smallest absolute Gasteiger partial charge is 0.418 e. The number of likely N-dealkylation sites (tertiary alicyclic amines) is 1. The fraction of sp³-hybridized carbons (Fsp3) is 0.560. The molecule has 11 heteroatoms. The molecule has 0 saturated carbocycles. The van der Waals surface area contributed by atoms with E-state index in [9.17, 15) is 22.8 Å². The Bertz CT molecular complexity index is 1090. The number of hydrogen-bond donors (Lipinski definition) is 1. The fourth-order valence-electron chi connectivity index (χ4n) is 5.17. The van der Waals surface area contributed by atoms with Gasteiger partial charge in [-0.05, 0) is 63.4 Å². The monoisotopic (exact) mass is 507 g/mol. The van der Waals surface area contributed by atoms with Crippen LogP contribution in [0.3, 0.4) is 0 Å². The van der Waals surface area contributed by atoms with E-state index in [2.05, 4.69) is 16.9 Å². The Balaban J connectivity index is 1.43. The van der Waals surface area contributed by atoms with E-state index >= 15 is 0 Å². The Morgan fingerprint density at radius 3 is 2.42 bits per heavy atom. The summed E-state index contributed by atoms with van der Waals surface area (Å²) in [5, 5.41) is 13.1. The highest BCUT2D eigenvalue weighted by atomic mass is 19.4. The zero-order valence-electron chi connectivity index (χ0n) is 20.5. The van der Waals surface area contributed by atoms with E-state index in [-0.39, 0.29) is 16.9 Å². The van der Waals surface area contributed by atoms with Crippen LogP contribution in [0.5, 0.6) is 0 Å². The standard InChI is InChI=1S/C25H32F3N5O3/c1-24(8-13-32(14-9-24)22(17-34)33-12-7-20(29-33)23(35)36)30(2)16-18-5-6-21(31-10-3-4-11-31)19(15-18)25(26,27)28/h5-7,12,15,17,22H,3-4,8-11,13-14,16H2,1-2H3,(H,35,36). The number of nitrogens with zero attached hydrogens (tertiary/aromatic N) is 5. The third-order valence-corrected chi connectivity index (χ3v) is 7.62. The minimum absolute atomic E-state index is 0.127. The second kappa shape index (κ2) is 10.2. The molecule has 2 aliphatic heterocycles. The minimum Gasteiger partial charge on any atom is -0.476 e. The van der Waals surface area contributed by atoms with Crippen molar-refractivity contribution in [3.63, 3.8) is 0 Å². The molecule has 2 aliphatic rings. The summed E-state index contributed by atoms with van der Waals surface area (Å²) in [4.78, 5) is 28.8. The molecule has 3 heterocycles. The van der Waals surface area contributed by atoms with Gasteiger partial charge in [0.1, 0.15) is 0 Å². The summed E-state index contributed by atoms with van der Waals surface area (Å²) in [5.41, 5.74) is -0.108. The molecule has 1 unspecified atom stereocenters. The lowest BCUT2D eigenvalue weighted by molar-refractivity contribution is -0.137. The Labute approximate surface area is 208 Å². The molecule has 8 nitrogen and oxygen atoms in total. The average molecular weight is 508 g/mol. The van der Waals surface area contributed by atoms with Crippen molar-refractivity contribution in [2.75, 3.05) is 38.1 Å². The number of carbonyl (C=O) groups excluding carboxylic acids is 1. The summed E-state index contributed by atoms with van der Waals surface area (Å²) in [6.07, 6.45) is 0.293. The molecule has 2 saturated heterocycles. The van der Waals surface area contributed by atoms with Crippen LogP contribution < -0.4 is 4.90 Å². The van der Waals surface area contributed by atoms with E-state index in [0.717, 1.165) is 19.1 Å². The number of rotatable bonds is 8. The second-order valence-electron chi connectivity index (χ2n) is 9.97. The van der Waals surface area contributed by atoms with Crippen molar-refractivity contribution in [2.24, 2.45) is 0 Å². The Kier molecular flexibility index (Phi) is 7.42. The molecule has 0 spiro atoms. The summed E-state index contributed by atoms with van der Waals surface area (Å²) >= 11 is 0. The first kappa shape index (κ1) is 26.2. The third kappa shape index (κ3) is 5.41. The zero-order chi connectivity index (χ0) is 26.1. The number of aromatic carboxylic acids is 1. The SMILES string of the molecule is CN(Cc1ccc(N2CCCC2)c(C(F)(F)F)c1)C1(C)CCN(C(C=O)n2ccc(C(=O)O)n2)CC1. The number of hydrogen-bond acceptors (Lipinski definition) is 6. The topological polar surface area (TPSA) is 81.9 Å². The molecule has 0 amide bonds. The first-order chi connectivity index (χ1) is 17.0. The molecule has 1 aromatic heterocycles. The summed E-state index contributed by atoms with van der Waals surface area (Å²) in [7, 11) is 1.92. The van der Waals surface area contributed by atoms with Gasteiger partial charge in [-0.15, -0.1) is 0 Å². The number of carbonyl (C=O) groups is 2. The molecule has 1 N–H and O–H groups in total. The van der Waals surface area contributed by atoms with Gasteiger partial charge in [0.25, 0.3) is 0 Å². The van der Waals surface area contributed by atoms with Crippen LogP contribution in [0.2, 0.25) is 0 Å². The van der Waals surface area contributed by atoms with Crippen molar-refractivity contribution in [1.82, 2.24) is 19.6 Å². The number of anilines is 1. The molecule has 4 rings (SSSR count). The Morgan fingerprint density at radius 1 is 1.19 bits per heavy atom. The normalized spacial score (nSPS) is 19.6. The van der Waals surface area contributed by atoms with Crippen LogP contribution in [-0.2, 0) is 17.5 Å². The Hall–Kier alpha value is -2.92. The maximum absolute atomic E-state index is 13.9. The zero-order valence-corrected chi connectivity index (χ0v) is 20.5. The molecular weight excluding hydrogens is 475 g/mol. The molecule has 1 atom stereocenters. The minimum atomic E-state index is -4.42. The van der Waals surface area contributed by atoms with Crippen LogP contribution in [-0.4, -0.2) is 75.7 Å². The number of piperidine rings is 1. The molecule has 2 aromatic rings. The van der Waals surface area contributed by atoms with E-state index in [4.69, 9.17) is 5.11 Å². The van der Waals surface area contributed by atoms with E-state index < -0.39 is 23.9 Å². The van der Waals surface area contributed by atoms with Gasteiger partial charge in [0, 0.05) is 50.1 Å². The van der Waals surface area contributed by atoms with Crippen molar-refractivity contribution in [3.8, 4) is 0 Å². The Morgan fingerprint density at radius 2 is 1.86 bits per heavy atom. The number of aldehydes is 1. The number of carboxylic acid groups (broad SMARTS) is 1. The van der Waals surface area contributed by atoms with Gasteiger partial charge in [0.2, 0.25) is 0 Å². The molecular formula is C25H32F3N5O3. The predicted octanol–water partition coefficient (Wildman–Crippen LogP) is 3.88. The van der Waals surface area contributed by atoms with Gasteiger partial charge in [0.15, 0.2) is 18.1 Å². The van der Waals surface area contributed by atoms with Crippen LogP contribution in [0.15, 0.2) is 30.5 Å². The predicted molar refractivity (Wildman–Crippen MR) is 128 cm³/mol. The van der Waals surface area contributed by atoms with Gasteiger partial charge >= 0.3 is 12.1 Å². The summed E-state index contributed by atoms with van der Waals surface area (Å²) < 4.78 is 43.0. The van der Waals surface area contributed by atoms with Crippen LogP contribution in [0.25, 0.3) is 0 Å². The van der Waals surface area contributed by atoms with Gasteiger partial charge in [-0.2, -0.15) is 18.3 Å². The van der Waals surface area contributed by atoms with Crippen molar-refractivity contribution >= 4 is 17.9 Å². The molecule has 0 radical (unpaired) electrons. The molecule has 1 aromatic carbocycles. The van der Waals surface area contributed by atoms with Crippen molar-refractivity contribution < 1.29 is 27.9 Å². The number of aromatic nitrogens is 2. The van der Waals surface area contributed by atoms with E-state index in [1.165, 1.54) is 23.0 Å².